The van der Waals surface area contributed by atoms with Gasteiger partial charge in [0.1, 0.15) is 0 Å². The molecule has 2 heterocycles. The molecule has 0 aliphatic carbocycles. The van der Waals surface area contributed by atoms with Crippen molar-refractivity contribution >= 4 is 15.5 Å². The number of rotatable bonds is 2. The van der Waals surface area contributed by atoms with Gasteiger partial charge >= 0.3 is 0 Å². The quantitative estimate of drug-likeness (QED) is 0.887. The summed E-state index contributed by atoms with van der Waals surface area (Å²) >= 11 is 0. The summed E-state index contributed by atoms with van der Waals surface area (Å²) in [6.07, 6.45) is 0.768. The summed E-state index contributed by atoms with van der Waals surface area (Å²) in [5.74, 6) is 1.15. The third-order valence-electron chi connectivity index (χ3n) is 4.07. The van der Waals surface area contributed by atoms with Gasteiger partial charge in [-0.1, -0.05) is 18.2 Å². The van der Waals surface area contributed by atoms with E-state index in [4.69, 9.17) is 0 Å². The molecule has 2 aliphatic rings. The lowest BCUT2D eigenvalue weighted by Crippen LogP contribution is -2.32. The van der Waals surface area contributed by atoms with E-state index < -0.39 is 9.84 Å². The van der Waals surface area contributed by atoms with E-state index in [2.05, 4.69) is 28.4 Å². The van der Waals surface area contributed by atoms with Crippen LogP contribution in [0.3, 0.4) is 0 Å². The van der Waals surface area contributed by atoms with Crippen LogP contribution in [0.25, 0.3) is 0 Å². The van der Waals surface area contributed by atoms with Crippen LogP contribution in [0.5, 0.6) is 0 Å². The molecule has 0 saturated carbocycles. The second kappa shape index (κ2) is 5.13. The van der Waals surface area contributed by atoms with Gasteiger partial charge in [0.25, 0.3) is 0 Å². The fraction of sp³-hybridized carbons (Fsp3) is 0.571. The van der Waals surface area contributed by atoms with Crippen LogP contribution in [0.15, 0.2) is 24.3 Å². The normalized spacial score (nSPS) is 26.4. The maximum Gasteiger partial charge on any atom is 0.151 e. The summed E-state index contributed by atoms with van der Waals surface area (Å²) in [7, 11) is -2.80. The molecule has 0 aromatic heterocycles. The first kappa shape index (κ1) is 12.9. The molecule has 0 spiro atoms. The molecule has 2 aliphatic heterocycles. The summed E-state index contributed by atoms with van der Waals surface area (Å²) in [6, 6.07) is 8.41. The molecule has 1 fully saturated rings. The molecule has 5 heteroatoms. The summed E-state index contributed by atoms with van der Waals surface area (Å²) in [5.41, 5.74) is 2.60. The standard InChI is InChI=1S/C14H20N2O2S/c17-19(18)8-3-6-16(7-9-19)11-12-10-15-14-5-2-1-4-13(12)14/h1-2,4-5,12,15H,3,6-11H2. The highest BCUT2D eigenvalue weighted by Gasteiger charge is 2.26. The van der Waals surface area contributed by atoms with Crippen LogP contribution in [-0.4, -0.2) is 51.0 Å². The van der Waals surface area contributed by atoms with Crippen molar-refractivity contribution in [3.8, 4) is 0 Å². The van der Waals surface area contributed by atoms with Gasteiger partial charge in [-0.3, -0.25) is 0 Å². The molecule has 0 radical (unpaired) electrons. The second-order valence-corrected chi connectivity index (χ2v) is 7.77. The van der Waals surface area contributed by atoms with E-state index in [9.17, 15) is 8.42 Å². The van der Waals surface area contributed by atoms with Gasteiger partial charge in [-0.2, -0.15) is 0 Å². The summed E-state index contributed by atoms with van der Waals surface area (Å²) < 4.78 is 23.2. The predicted molar refractivity (Wildman–Crippen MR) is 77.4 cm³/mol. The molecular weight excluding hydrogens is 260 g/mol. The average Bonchev–Trinajstić information content (AvgIpc) is 2.70. The predicted octanol–water partition coefficient (Wildman–Crippen LogP) is 1.32. The zero-order valence-corrected chi connectivity index (χ0v) is 11.8. The van der Waals surface area contributed by atoms with Crippen LogP contribution in [0.1, 0.15) is 17.9 Å². The molecule has 1 aromatic carbocycles. The monoisotopic (exact) mass is 280 g/mol. The number of sulfone groups is 1. The van der Waals surface area contributed by atoms with Gasteiger partial charge in [0.15, 0.2) is 9.84 Å². The Balaban J connectivity index is 1.67. The second-order valence-electron chi connectivity index (χ2n) is 5.47. The van der Waals surface area contributed by atoms with Gasteiger partial charge in [-0.05, 0) is 24.6 Å². The summed E-state index contributed by atoms with van der Waals surface area (Å²) in [5, 5.41) is 3.43. The smallest absolute Gasteiger partial charge is 0.151 e. The van der Waals surface area contributed by atoms with E-state index in [1.165, 1.54) is 11.3 Å². The topological polar surface area (TPSA) is 49.4 Å². The van der Waals surface area contributed by atoms with Gasteiger partial charge in [0.2, 0.25) is 0 Å². The fourth-order valence-corrected chi connectivity index (χ4v) is 4.31. The van der Waals surface area contributed by atoms with Crippen molar-refractivity contribution in [3.05, 3.63) is 29.8 Å². The zero-order valence-electron chi connectivity index (χ0n) is 11.0. The molecule has 1 saturated heterocycles. The van der Waals surface area contributed by atoms with Crippen molar-refractivity contribution < 1.29 is 8.42 Å². The van der Waals surface area contributed by atoms with Crippen molar-refractivity contribution in [3.63, 3.8) is 0 Å². The molecule has 0 amide bonds. The first-order valence-electron chi connectivity index (χ1n) is 6.90. The van der Waals surface area contributed by atoms with Crippen LogP contribution in [0.2, 0.25) is 0 Å². The van der Waals surface area contributed by atoms with Gasteiger partial charge in [0.05, 0.1) is 11.5 Å². The van der Waals surface area contributed by atoms with Crippen LogP contribution >= 0.6 is 0 Å². The Morgan fingerprint density at radius 1 is 1.21 bits per heavy atom. The van der Waals surface area contributed by atoms with Crippen molar-refractivity contribution in [2.75, 3.05) is 43.0 Å². The summed E-state index contributed by atoms with van der Waals surface area (Å²) in [4.78, 5) is 2.30. The molecule has 1 atom stereocenters. The van der Waals surface area contributed by atoms with E-state index in [1.807, 2.05) is 6.07 Å². The van der Waals surface area contributed by atoms with Crippen molar-refractivity contribution in [1.29, 1.82) is 0 Å². The molecule has 1 N–H and O–H groups in total. The number of hydrogen-bond acceptors (Lipinski definition) is 4. The Bertz CT molecular complexity index is 556. The number of nitrogens with one attached hydrogen (secondary N) is 1. The molecule has 3 rings (SSSR count). The Hall–Kier alpha value is -1.07. The highest BCUT2D eigenvalue weighted by atomic mass is 32.2. The van der Waals surface area contributed by atoms with Crippen LogP contribution in [0.4, 0.5) is 5.69 Å². The highest BCUT2D eigenvalue weighted by Crippen LogP contribution is 2.31. The molecule has 4 nitrogen and oxygen atoms in total. The molecule has 19 heavy (non-hydrogen) atoms. The Labute approximate surface area is 114 Å². The lowest BCUT2D eigenvalue weighted by molar-refractivity contribution is 0.281. The first-order valence-corrected chi connectivity index (χ1v) is 8.72. The first-order chi connectivity index (χ1) is 9.14. The van der Waals surface area contributed by atoms with E-state index in [0.29, 0.717) is 24.0 Å². The van der Waals surface area contributed by atoms with E-state index in [0.717, 1.165) is 26.1 Å². The minimum Gasteiger partial charge on any atom is -0.384 e. The molecule has 1 aromatic rings. The van der Waals surface area contributed by atoms with Crippen molar-refractivity contribution in [1.82, 2.24) is 4.90 Å². The third-order valence-corrected chi connectivity index (χ3v) is 5.78. The lowest BCUT2D eigenvalue weighted by atomic mass is 10.0. The van der Waals surface area contributed by atoms with Gasteiger partial charge in [-0.15, -0.1) is 0 Å². The molecule has 1 unspecified atom stereocenters. The Kier molecular flexibility index (Phi) is 3.50. The van der Waals surface area contributed by atoms with Crippen molar-refractivity contribution in [2.24, 2.45) is 0 Å². The van der Waals surface area contributed by atoms with Gasteiger partial charge < -0.3 is 10.2 Å². The fourth-order valence-electron chi connectivity index (χ4n) is 3.00. The minimum absolute atomic E-state index is 0.314. The number of hydrogen-bond donors (Lipinski definition) is 1. The van der Waals surface area contributed by atoms with Crippen LogP contribution < -0.4 is 5.32 Å². The largest absolute Gasteiger partial charge is 0.384 e. The lowest BCUT2D eigenvalue weighted by Gasteiger charge is -2.23. The number of nitrogens with zero attached hydrogens (tertiary/aromatic N) is 1. The van der Waals surface area contributed by atoms with Crippen LogP contribution in [-0.2, 0) is 9.84 Å². The minimum atomic E-state index is -2.80. The Morgan fingerprint density at radius 2 is 2.05 bits per heavy atom. The molecular formula is C14H20N2O2S. The maximum absolute atomic E-state index is 11.6. The highest BCUT2D eigenvalue weighted by molar-refractivity contribution is 7.91. The zero-order chi connectivity index (χ0) is 13.3. The molecule has 0 bridgehead atoms. The third kappa shape index (κ3) is 2.92. The summed E-state index contributed by atoms with van der Waals surface area (Å²) in [6.45, 7) is 3.50. The van der Waals surface area contributed by atoms with E-state index >= 15 is 0 Å². The van der Waals surface area contributed by atoms with Gasteiger partial charge in [0, 0.05) is 31.2 Å². The van der Waals surface area contributed by atoms with E-state index in [1.54, 1.807) is 0 Å². The molecule has 104 valence electrons. The number of anilines is 1. The van der Waals surface area contributed by atoms with Crippen molar-refractivity contribution in [2.45, 2.75) is 12.3 Å². The SMILES string of the molecule is O=S1(=O)CCCN(CC2CNc3ccccc32)CC1. The average molecular weight is 280 g/mol. The Morgan fingerprint density at radius 3 is 2.95 bits per heavy atom. The number of para-hydroxylation sites is 1. The number of benzene rings is 1. The maximum atomic E-state index is 11.6. The number of fused-ring (bicyclic) bond motifs is 1. The van der Waals surface area contributed by atoms with Gasteiger partial charge in [-0.25, -0.2) is 8.42 Å². The van der Waals surface area contributed by atoms with E-state index in [-0.39, 0.29) is 0 Å². The van der Waals surface area contributed by atoms with Crippen LogP contribution in [0, 0.1) is 0 Å².